The Morgan fingerprint density at radius 3 is 2.64 bits per heavy atom. The number of hydrogen-bond donors (Lipinski definition) is 1. The highest BCUT2D eigenvalue weighted by atomic mass is 35.5. The molecule has 4 amide bonds. The van der Waals surface area contributed by atoms with Crippen molar-refractivity contribution in [3.05, 3.63) is 46.1 Å². The molecule has 0 saturated carbocycles. The topological polar surface area (TPSA) is 73.0 Å². The molecule has 2 aliphatic heterocycles. The highest BCUT2D eigenvalue weighted by Crippen LogP contribution is 2.38. The fourth-order valence-electron chi connectivity index (χ4n) is 3.60. The normalized spacial score (nSPS) is 19.1. The van der Waals surface area contributed by atoms with Gasteiger partial charge < -0.3 is 15.1 Å². The Bertz CT molecular complexity index is 838. The van der Waals surface area contributed by atoms with E-state index in [2.05, 4.69) is 5.32 Å². The lowest BCUT2D eigenvalue weighted by atomic mass is 9.95. The van der Waals surface area contributed by atoms with E-state index >= 15 is 0 Å². The SMILES string of the molecule is CCN(C)C(=O)CCN1CC2=C(C1=O)C(c1ccccc1Cl)NC(=O)N2CC. The van der Waals surface area contributed by atoms with Crippen molar-refractivity contribution in [1.29, 1.82) is 0 Å². The van der Waals surface area contributed by atoms with Crippen molar-refractivity contribution in [1.82, 2.24) is 20.0 Å². The monoisotopic (exact) mass is 404 g/mol. The van der Waals surface area contributed by atoms with E-state index in [1.165, 1.54) is 0 Å². The standard InChI is InChI=1S/C20H25ClN4O3/c1-4-23(3)16(26)10-11-24-12-15-17(19(24)27)18(22-20(28)25(15)5-2)13-8-6-7-9-14(13)21/h6-9,18H,4-5,10-12H2,1-3H3,(H,22,28). The van der Waals surface area contributed by atoms with Gasteiger partial charge in [-0.2, -0.15) is 0 Å². The Morgan fingerprint density at radius 1 is 1.29 bits per heavy atom. The minimum absolute atomic E-state index is 0.00984. The van der Waals surface area contributed by atoms with E-state index in [0.717, 1.165) is 0 Å². The molecular formula is C20H25ClN4O3. The summed E-state index contributed by atoms with van der Waals surface area (Å²) in [4.78, 5) is 42.8. The Labute approximate surface area is 169 Å². The summed E-state index contributed by atoms with van der Waals surface area (Å²) < 4.78 is 0. The third-order valence-corrected chi connectivity index (χ3v) is 5.67. The zero-order chi connectivity index (χ0) is 20.4. The van der Waals surface area contributed by atoms with E-state index in [9.17, 15) is 14.4 Å². The molecule has 1 atom stereocenters. The van der Waals surface area contributed by atoms with E-state index in [1.807, 2.05) is 32.0 Å². The van der Waals surface area contributed by atoms with E-state index in [0.29, 0.717) is 48.0 Å². The van der Waals surface area contributed by atoms with Crippen LogP contribution in [0.1, 0.15) is 31.9 Å². The number of benzene rings is 1. The summed E-state index contributed by atoms with van der Waals surface area (Å²) in [5.74, 6) is -0.172. The highest BCUT2D eigenvalue weighted by molar-refractivity contribution is 6.31. The van der Waals surface area contributed by atoms with Crippen molar-refractivity contribution in [3.8, 4) is 0 Å². The van der Waals surface area contributed by atoms with Gasteiger partial charge in [-0.3, -0.25) is 14.5 Å². The maximum Gasteiger partial charge on any atom is 0.322 e. The van der Waals surface area contributed by atoms with Gasteiger partial charge in [-0.25, -0.2) is 4.79 Å². The van der Waals surface area contributed by atoms with E-state index in [4.69, 9.17) is 11.6 Å². The molecule has 150 valence electrons. The lowest BCUT2D eigenvalue weighted by Gasteiger charge is -2.33. The van der Waals surface area contributed by atoms with Crippen molar-refractivity contribution in [3.63, 3.8) is 0 Å². The van der Waals surface area contributed by atoms with Crippen molar-refractivity contribution < 1.29 is 14.4 Å². The van der Waals surface area contributed by atoms with Crippen LogP contribution in [0.5, 0.6) is 0 Å². The van der Waals surface area contributed by atoms with Gasteiger partial charge in [0.1, 0.15) is 0 Å². The fourth-order valence-corrected chi connectivity index (χ4v) is 3.85. The van der Waals surface area contributed by atoms with Crippen LogP contribution in [-0.2, 0) is 9.59 Å². The molecule has 3 rings (SSSR count). The van der Waals surface area contributed by atoms with E-state index in [1.54, 1.807) is 27.8 Å². The Morgan fingerprint density at radius 2 is 2.00 bits per heavy atom. The number of likely N-dealkylation sites (N-methyl/N-ethyl adjacent to an activating group) is 1. The summed E-state index contributed by atoms with van der Waals surface area (Å²) in [6.07, 6.45) is 0.251. The second-order valence-electron chi connectivity index (χ2n) is 6.89. The molecule has 0 aromatic heterocycles. The molecule has 0 spiro atoms. The van der Waals surface area contributed by atoms with Crippen LogP contribution in [0.15, 0.2) is 35.5 Å². The first-order chi connectivity index (χ1) is 13.4. The first-order valence-electron chi connectivity index (χ1n) is 9.47. The van der Waals surface area contributed by atoms with Crippen molar-refractivity contribution in [2.75, 3.05) is 33.2 Å². The van der Waals surface area contributed by atoms with Crippen molar-refractivity contribution >= 4 is 29.4 Å². The number of halogens is 1. The number of nitrogens with zero attached hydrogens (tertiary/aromatic N) is 3. The third-order valence-electron chi connectivity index (χ3n) is 5.32. The van der Waals surface area contributed by atoms with E-state index in [-0.39, 0.29) is 24.3 Å². The first kappa shape index (κ1) is 20.2. The van der Waals surface area contributed by atoms with Crippen LogP contribution in [0.3, 0.4) is 0 Å². The molecule has 1 N–H and O–H groups in total. The molecular weight excluding hydrogens is 380 g/mol. The smallest absolute Gasteiger partial charge is 0.322 e. The maximum atomic E-state index is 13.2. The molecule has 1 aromatic rings. The number of hydrogen-bond acceptors (Lipinski definition) is 3. The largest absolute Gasteiger partial charge is 0.346 e. The number of amides is 4. The van der Waals surface area contributed by atoms with Crippen LogP contribution in [0.4, 0.5) is 4.79 Å². The van der Waals surface area contributed by atoms with Crippen LogP contribution in [0.2, 0.25) is 5.02 Å². The predicted molar refractivity (Wildman–Crippen MR) is 107 cm³/mol. The second-order valence-corrected chi connectivity index (χ2v) is 7.30. The number of urea groups is 1. The molecule has 2 heterocycles. The zero-order valence-electron chi connectivity index (χ0n) is 16.4. The summed E-state index contributed by atoms with van der Waals surface area (Å²) in [5.41, 5.74) is 1.92. The van der Waals surface area contributed by atoms with Gasteiger partial charge in [0, 0.05) is 38.1 Å². The number of rotatable bonds is 6. The molecule has 2 aliphatic rings. The highest BCUT2D eigenvalue weighted by Gasteiger charge is 2.43. The number of carbonyl (C=O) groups excluding carboxylic acids is 3. The van der Waals surface area contributed by atoms with E-state index < -0.39 is 6.04 Å². The molecule has 0 bridgehead atoms. The minimum Gasteiger partial charge on any atom is -0.346 e. The predicted octanol–water partition coefficient (Wildman–Crippen LogP) is 2.39. The summed E-state index contributed by atoms with van der Waals surface area (Å²) in [6.45, 7) is 5.49. The average molecular weight is 405 g/mol. The van der Waals surface area contributed by atoms with Gasteiger partial charge in [0.2, 0.25) is 5.91 Å². The third kappa shape index (κ3) is 3.58. The summed E-state index contributed by atoms with van der Waals surface area (Å²) in [7, 11) is 1.74. The van der Waals surface area contributed by atoms with Gasteiger partial charge in [-0.05, 0) is 25.5 Å². The van der Waals surface area contributed by atoms with Gasteiger partial charge in [0.15, 0.2) is 0 Å². The summed E-state index contributed by atoms with van der Waals surface area (Å²) in [5, 5.41) is 3.41. The summed E-state index contributed by atoms with van der Waals surface area (Å²) >= 11 is 6.34. The zero-order valence-corrected chi connectivity index (χ0v) is 17.1. The lowest BCUT2D eigenvalue weighted by Crippen LogP contribution is -2.47. The first-order valence-corrected chi connectivity index (χ1v) is 9.85. The van der Waals surface area contributed by atoms with Gasteiger partial charge in [0.05, 0.1) is 23.9 Å². The van der Waals surface area contributed by atoms with Crippen LogP contribution in [-0.4, -0.2) is 65.8 Å². The van der Waals surface area contributed by atoms with Crippen LogP contribution >= 0.6 is 11.6 Å². The molecule has 7 nitrogen and oxygen atoms in total. The maximum absolute atomic E-state index is 13.2. The van der Waals surface area contributed by atoms with Crippen molar-refractivity contribution in [2.24, 2.45) is 0 Å². The fraction of sp³-hybridized carbons (Fsp3) is 0.450. The molecule has 28 heavy (non-hydrogen) atoms. The second kappa shape index (κ2) is 8.22. The Kier molecular flexibility index (Phi) is 5.93. The van der Waals surface area contributed by atoms with Gasteiger partial charge in [0.25, 0.3) is 5.91 Å². The molecule has 0 radical (unpaired) electrons. The van der Waals surface area contributed by atoms with Gasteiger partial charge in [-0.15, -0.1) is 0 Å². The average Bonchev–Trinajstić information content (AvgIpc) is 3.01. The lowest BCUT2D eigenvalue weighted by molar-refractivity contribution is -0.131. The Hall–Kier alpha value is -2.54. The summed E-state index contributed by atoms with van der Waals surface area (Å²) in [6, 6.07) is 6.35. The van der Waals surface area contributed by atoms with Crippen LogP contribution in [0.25, 0.3) is 0 Å². The van der Waals surface area contributed by atoms with Crippen molar-refractivity contribution in [2.45, 2.75) is 26.3 Å². The molecule has 0 fully saturated rings. The van der Waals surface area contributed by atoms with Crippen LogP contribution in [0, 0.1) is 0 Å². The molecule has 1 aromatic carbocycles. The van der Waals surface area contributed by atoms with Gasteiger partial charge in [-0.1, -0.05) is 29.8 Å². The quantitative estimate of drug-likeness (QED) is 0.791. The van der Waals surface area contributed by atoms with Gasteiger partial charge >= 0.3 is 6.03 Å². The molecule has 0 aliphatic carbocycles. The number of nitrogens with one attached hydrogen (secondary N) is 1. The molecule has 8 heteroatoms. The molecule has 0 saturated heterocycles. The van der Waals surface area contributed by atoms with Crippen LogP contribution < -0.4 is 5.32 Å². The Balaban J connectivity index is 1.88. The minimum atomic E-state index is -0.592. The number of carbonyl (C=O) groups is 3. The molecule has 1 unspecified atom stereocenters.